The van der Waals surface area contributed by atoms with Crippen LogP contribution < -0.4 is 16.0 Å². The summed E-state index contributed by atoms with van der Waals surface area (Å²) in [7, 11) is 0. The fourth-order valence-electron chi connectivity index (χ4n) is 1.89. The van der Waals surface area contributed by atoms with Crippen LogP contribution in [0.2, 0.25) is 5.02 Å². The minimum Gasteiger partial charge on any atom is -0.357 e. The van der Waals surface area contributed by atoms with E-state index in [2.05, 4.69) is 41.7 Å². The Kier molecular flexibility index (Phi) is 7.36. The smallest absolute Gasteiger partial charge is 0.226 e. The van der Waals surface area contributed by atoms with Gasteiger partial charge in [-0.3, -0.25) is 9.79 Å². The van der Waals surface area contributed by atoms with E-state index in [0.29, 0.717) is 23.9 Å². The summed E-state index contributed by atoms with van der Waals surface area (Å²) in [5, 5.41) is 9.97. The lowest BCUT2D eigenvalue weighted by atomic mass is 10.1. The summed E-state index contributed by atoms with van der Waals surface area (Å²) in [6.45, 7) is 11.3. The summed E-state index contributed by atoms with van der Waals surface area (Å²) in [6.07, 6.45) is 0.312. The first kappa shape index (κ1) is 19.3. The molecule has 1 aromatic carbocycles. The van der Waals surface area contributed by atoms with Gasteiger partial charge in [0, 0.05) is 29.2 Å². The van der Waals surface area contributed by atoms with Gasteiger partial charge in [-0.15, -0.1) is 0 Å². The highest BCUT2D eigenvalue weighted by Gasteiger charge is 2.12. The Bertz CT molecular complexity index is 564. The molecule has 0 radical (unpaired) electrons. The summed E-state index contributed by atoms with van der Waals surface area (Å²) < 4.78 is 0. The zero-order valence-corrected chi connectivity index (χ0v) is 15.3. The summed E-state index contributed by atoms with van der Waals surface area (Å²) in [6, 6.07) is 5.46. The average molecular weight is 339 g/mol. The van der Waals surface area contributed by atoms with E-state index in [0.717, 1.165) is 17.8 Å². The first-order chi connectivity index (χ1) is 10.7. The topological polar surface area (TPSA) is 65.5 Å². The molecule has 0 fully saturated rings. The molecular formula is C17H27ClN4O. The first-order valence-electron chi connectivity index (χ1n) is 7.84. The molecule has 5 nitrogen and oxygen atoms in total. The predicted octanol–water partition coefficient (Wildman–Crippen LogP) is 3.33. The maximum absolute atomic E-state index is 12.0. The summed E-state index contributed by atoms with van der Waals surface area (Å²) in [4.78, 5) is 16.5. The largest absolute Gasteiger partial charge is 0.357 e. The number of guanidine groups is 1. The van der Waals surface area contributed by atoms with Crippen molar-refractivity contribution in [3.63, 3.8) is 0 Å². The first-order valence-corrected chi connectivity index (χ1v) is 8.22. The van der Waals surface area contributed by atoms with Gasteiger partial charge in [0.25, 0.3) is 0 Å². The van der Waals surface area contributed by atoms with Gasteiger partial charge in [0.1, 0.15) is 0 Å². The van der Waals surface area contributed by atoms with E-state index >= 15 is 0 Å². The van der Waals surface area contributed by atoms with Crippen LogP contribution in [0, 0.1) is 6.92 Å². The molecule has 1 rings (SSSR count). The zero-order valence-electron chi connectivity index (χ0n) is 14.6. The van der Waals surface area contributed by atoms with E-state index in [-0.39, 0.29) is 11.4 Å². The second kappa shape index (κ2) is 8.77. The molecule has 128 valence electrons. The van der Waals surface area contributed by atoms with Gasteiger partial charge in [0.15, 0.2) is 5.96 Å². The normalized spacial score (nSPS) is 12.0. The van der Waals surface area contributed by atoms with Crippen molar-refractivity contribution in [3.8, 4) is 0 Å². The molecule has 0 bridgehead atoms. The fraction of sp³-hybridized carbons (Fsp3) is 0.529. The molecule has 0 aliphatic carbocycles. The maximum atomic E-state index is 12.0. The van der Waals surface area contributed by atoms with E-state index < -0.39 is 0 Å². The number of anilines is 1. The number of nitrogens with zero attached hydrogens (tertiary/aromatic N) is 1. The SMILES string of the molecule is CCNC(=NCCC(=O)Nc1cccc(Cl)c1C)NC(C)(C)C. The number of hydrogen-bond acceptors (Lipinski definition) is 2. The maximum Gasteiger partial charge on any atom is 0.226 e. The lowest BCUT2D eigenvalue weighted by molar-refractivity contribution is -0.116. The number of carbonyl (C=O) groups is 1. The number of nitrogens with one attached hydrogen (secondary N) is 3. The van der Waals surface area contributed by atoms with Crippen LogP contribution >= 0.6 is 11.6 Å². The van der Waals surface area contributed by atoms with Gasteiger partial charge in [-0.1, -0.05) is 17.7 Å². The molecule has 23 heavy (non-hydrogen) atoms. The van der Waals surface area contributed by atoms with Gasteiger partial charge >= 0.3 is 0 Å². The molecule has 6 heteroatoms. The minimum absolute atomic E-state index is 0.0780. The predicted molar refractivity (Wildman–Crippen MR) is 98.3 cm³/mol. The van der Waals surface area contributed by atoms with E-state index in [1.165, 1.54) is 0 Å². The van der Waals surface area contributed by atoms with Crippen LogP contribution in [-0.2, 0) is 4.79 Å². The highest BCUT2D eigenvalue weighted by atomic mass is 35.5. The molecule has 0 aromatic heterocycles. The third-order valence-electron chi connectivity index (χ3n) is 2.99. The van der Waals surface area contributed by atoms with E-state index in [1.54, 1.807) is 6.07 Å². The van der Waals surface area contributed by atoms with Crippen molar-refractivity contribution in [1.29, 1.82) is 0 Å². The number of rotatable bonds is 5. The molecule has 0 saturated carbocycles. The molecule has 0 saturated heterocycles. The van der Waals surface area contributed by atoms with Gasteiger partial charge < -0.3 is 16.0 Å². The standard InChI is InChI=1S/C17H27ClN4O/c1-6-19-16(22-17(3,4)5)20-11-10-15(23)21-14-9-7-8-13(18)12(14)2/h7-9H,6,10-11H2,1-5H3,(H,21,23)(H2,19,20,22). The third kappa shape index (κ3) is 7.37. The highest BCUT2D eigenvalue weighted by Crippen LogP contribution is 2.22. The molecule has 0 aliphatic heterocycles. The van der Waals surface area contributed by atoms with Crippen LogP contribution in [0.3, 0.4) is 0 Å². The average Bonchev–Trinajstić information content (AvgIpc) is 2.42. The van der Waals surface area contributed by atoms with Gasteiger partial charge in [-0.2, -0.15) is 0 Å². The minimum atomic E-state index is -0.0822. The summed E-state index contributed by atoms with van der Waals surface area (Å²) in [5.74, 6) is 0.637. The molecule has 0 atom stereocenters. The molecule has 0 spiro atoms. The molecular weight excluding hydrogens is 312 g/mol. The Hall–Kier alpha value is -1.75. The van der Waals surface area contributed by atoms with Gasteiger partial charge in [0.05, 0.1) is 6.54 Å². The highest BCUT2D eigenvalue weighted by molar-refractivity contribution is 6.31. The van der Waals surface area contributed by atoms with Crippen LogP contribution in [-0.4, -0.2) is 30.5 Å². The number of carbonyl (C=O) groups excluding carboxylic acids is 1. The van der Waals surface area contributed by atoms with Crippen molar-refractivity contribution in [3.05, 3.63) is 28.8 Å². The molecule has 1 aromatic rings. The molecule has 0 heterocycles. The lowest BCUT2D eigenvalue weighted by Gasteiger charge is -2.23. The molecule has 0 unspecified atom stereocenters. The van der Waals surface area contributed by atoms with Crippen LogP contribution in [0.25, 0.3) is 0 Å². The van der Waals surface area contributed by atoms with Crippen molar-refractivity contribution in [2.75, 3.05) is 18.4 Å². The Morgan fingerprint density at radius 3 is 2.61 bits per heavy atom. The Morgan fingerprint density at radius 2 is 2.00 bits per heavy atom. The van der Waals surface area contributed by atoms with Crippen LogP contribution in [0.1, 0.15) is 39.7 Å². The Morgan fingerprint density at radius 1 is 1.30 bits per heavy atom. The Balaban J connectivity index is 2.57. The van der Waals surface area contributed by atoms with Crippen molar-refractivity contribution in [2.24, 2.45) is 4.99 Å². The van der Waals surface area contributed by atoms with Crippen molar-refractivity contribution in [2.45, 2.75) is 46.6 Å². The summed E-state index contributed by atoms with van der Waals surface area (Å²) >= 11 is 6.05. The molecule has 3 N–H and O–H groups in total. The van der Waals surface area contributed by atoms with Crippen LogP contribution in [0.4, 0.5) is 5.69 Å². The van der Waals surface area contributed by atoms with Crippen molar-refractivity contribution >= 4 is 29.2 Å². The van der Waals surface area contributed by atoms with Gasteiger partial charge in [-0.05, 0) is 52.3 Å². The zero-order chi connectivity index (χ0) is 17.5. The monoisotopic (exact) mass is 338 g/mol. The number of benzene rings is 1. The second-order valence-electron chi connectivity index (χ2n) is 6.35. The number of halogens is 1. The third-order valence-corrected chi connectivity index (χ3v) is 3.40. The van der Waals surface area contributed by atoms with E-state index in [4.69, 9.17) is 11.6 Å². The van der Waals surface area contributed by atoms with Crippen LogP contribution in [0.15, 0.2) is 23.2 Å². The van der Waals surface area contributed by atoms with Crippen LogP contribution in [0.5, 0.6) is 0 Å². The van der Waals surface area contributed by atoms with Gasteiger partial charge in [0.2, 0.25) is 5.91 Å². The molecule has 1 amide bonds. The summed E-state index contributed by atoms with van der Waals surface area (Å²) in [5.41, 5.74) is 1.53. The quantitative estimate of drug-likeness (QED) is 0.570. The number of aliphatic imine (C=N–C) groups is 1. The fourth-order valence-corrected chi connectivity index (χ4v) is 2.06. The van der Waals surface area contributed by atoms with Crippen molar-refractivity contribution < 1.29 is 4.79 Å². The molecule has 0 aliphatic rings. The van der Waals surface area contributed by atoms with E-state index in [9.17, 15) is 4.79 Å². The Labute approximate surface area is 143 Å². The number of amides is 1. The van der Waals surface area contributed by atoms with E-state index in [1.807, 2.05) is 26.0 Å². The lowest BCUT2D eigenvalue weighted by Crippen LogP contribution is -2.47. The second-order valence-corrected chi connectivity index (χ2v) is 6.75. The van der Waals surface area contributed by atoms with Crippen molar-refractivity contribution in [1.82, 2.24) is 10.6 Å². The van der Waals surface area contributed by atoms with Gasteiger partial charge in [-0.25, -0.2) is 0 Å². The number of hydrogen-bond donors (Lipinski definition) is 3.